The first-order valence-electron chi connectivity index (χ1n) is 24.8. The second kappa shape index (κ2) is 38.2. The summed E-state index contributed by atoms with van der Waals surface area (Å²) in [4.78, 5) is 35.7. The molecule has 0 amide bonds. The van der Waals surface area contributed by atoms with Crippen LogP contribution in [0, 0.1) is 0 Å². The topological polar surface area (TPSA) is 210 Å². The second-order valence-corrected chi connectivity index (χ2v) is 19.1. The van der Waals surface area contributed by atoms with Gasteiger partial charge in [0.15, 0.2) is 6.10 Å². The van der Waals surface area contributed by atoms with Gasteiger partial charge < -0.3 is 39.9 Å². The molecule has 8 atom stereocenters. The quantitative estimate of drug-likeness (QED) is 0.0192. The summed E-state index contributed by atoms with van der Waals surface area (Å²) >= 11 is 0. The predicted octanol–water partition coefficient (Wildman–Crippen LogP) is 10.1. The number of phosphoric acid groups is 1. The number of hydrogen-bond acceptors (Lipinski definition) is 12. The molecule has 0 aromatic rings. The van der Waals surface area contributed by atoms with E-state index < -0.39 is 75.7 Å². The molecular formula is C47H91O13P. The van der Waals surface area contributed by atoms with Crippen molar-refractivity contribution < 1.29 is 63.1 Å². The minimum Gasteiger partial charge on any atom is -0.462 e. The Kier molecular flexibility index (Phi) is 36.2. The molecule has 6 unspecified atom stereocenters. The van der Waals surface area contributed by atoms with Gasteiger partial charge in [-0.15, -0.1) is 0 Å². The largest absolute Gasteiger partial charge is 0.472 e. The maximum atomic E-state index is 12.8. The average molecular weight is 895 g/mol. The van der Waals surface area contributed by atoms with Crippen LogP contribution in [0.15, 0.2) is 0 Å². The second-order valence-electron chi connectivity index (χ2n) is 17.7. The van der Waals surface area contributed by atoms with Crippen molar-refractivity contribution >= 4 is 19.8 Å². The number of carbonyl (C=O) groups is 2. The third kappa shape index (κ3) is 30.6. The molecule has 362 valence electrons. The van der Waals surface area contributed by atoms with Crippen LogP contribution < -0.4 is 0 Å². The number of unbranched alkanes of at least 4 members (excludes halogenated alkanes) is 30. The molecule has 0 radical (unpaired) electrons. The van der Waals surface area contributed by atoms with Gasteiger partial charge in [-0.1, -0.05) is 206 Å². The van der Waals surface area contributed by atoms with E-state index in [4.69, 9.17) is 18.5 Å². The summed E-state index contributed by atoms with van der Waals surface area (Å²) in [6.07, 6.45) is 26.0. The van der Waals surface area contributed by atoms with Gasteiger partial charge in [0.2, 0.25) is 0 Å². The standard InChI is InChI=1S/C47H91O13P/c1-3-5-7-9-11-13-15-16-17-18-19-20-21-22-23-24-26-27-29-31-33-35-40(48)57-37-39(59-41(49)36-34-32-30-28-25-14-12-10-8-6-4-2)38-58-61(55,56)60-47-45(53)43(51)42(50)44(52)46(47)54/h39,42-47,50-54H,3-38H2,1-2H3,(H,55,56)/t39-,42?,43-,44?,45?,46?,47?/m1/s1. The van der Waals surface area contributed by atoms with Crippen molar-refractivity contribution in [3.05, 3.63) is 0 Å². The maximum absolute atomic E-state index is 12.8. The van der Waals surface area contributed by atoms with Crippen LogP contribution in [0.3, 0.4) is 0 Å². The number of hydrogen-bond donors (Lipinski definition) is 6. The first-order valence-corrected chi connectivity index (χ1v) is 26.3. The highest BCUT2D eigenvalue weighted by atomic mass is 31.2. The molecule has 1 saturated carbocycles. The molecule has 13 nitrogen and oxygen atoms in total. The fraction of sp³-hybridized carbons (Fsp3) is 0.957. The highest BCUT2D eigenvalue weighted by Crippen LogP contribution is 2.47. The van der Waals surface area contributed by atoms with Crippen LogP contribution in [0.5, 0.6) is 0 Å². The average Bonchev–Trinajstić information content (AvgIpc) is 3.24. The number of esters is 2. The number of phosphoric ester groups is 1. The van der Waals surface area contributed by atoms with Gasteiger partial charge in [-0.25, -0.2) is 4.57 Å². The molecule has 0 aromatic carbocycles. The summed E-state index contributed by atoms with van der Waals surface area (Å²) in [6, 6.07) is 0. The van der Waals surface area contributed by atoms with Crippen molar-refractivity contribution in [3.8, 4) is 0 Å². The lowest BCUT2D eigenvalue weighted by Gasteiger charge is -2.41. The lowest BCUT2D eigenvalue weighted by Crippen LogP contribution is -2.64. The van der Waals surface area contributed by atoms with Crippen LogP contribution in [0.4, 0.5) is 0 Å². The van der Waals surface area contributed by atoms with Gasteiger partial charge in [-0.2, -0.15) is 0 Å². The first-order chi connectivity index (χ1) is 29.4. The van der Waals surface area contributed by atoms with Crippen molar-refractivity contribution in [1.29, 1.82) is 0 Å². The molecule has 1 aliphatic carbocycles. The smallest absolute Gasteiger partial charge is 0.462 e. The third-order valence-electron chi connectivity index (χ3n) is 11.9. The van der Waals surface area contributed by atoms with Crippen molar-refractivity contribution in [3.63, 3.8) is 0 Å². The van der Waals surface area contributed by atoms with E-state index in [1.807, 2.05) is 0 Å². The van der Waals surface area contributed by atoms with Crippen LogP contribution >= 0.6 is 7.82 Å². The molecule has 0 bridgehead atoms. The molecule has 61 heavy (non-hydrogen) atoms. The Morgan fingerprint density at radius 2 is 0.738 bits per heavy atom. The van der Waals surface area contributed by atoms with E-state index in [-0.39, 0.29) is 12.8 Å². The lowest BCUT2D eigenvalue weighted by molar-refractivity contribution is -0.220. The number of aliphatic hydroxyl groups is 5. The van der Waals surface area contributed by atoms with Crippen LogP contribution in [0.2, 0.25) is 0 Å². The van der Waals surface area contributed by atoms with E-state index in [0.717, 1.165) is 44.9 Å². The zero-order chi connectivity index (χ0) is 45.0. The fourth-order valence-electron chi connectivity index (χ4n) is 7.94. The SMILES string of the molecule is CCCCCCCCCCCCCCCCCCCCCCCC(=O)OC[C@H](COP(=O)(O)OC1C(O)C(O)C(O)[C@@H](O)C1O)OC(=O)CCCCCCCCCCCCC. The van der Waals surface area contributed by atoms with Gasteiger partial charge in [0.05, 0.1) is 6.61 Å². The molecule has 0 spiro atoms. The minimum atomic E-state index is -5.11. The molecule has 0 saturated heterocycles. The Morgan fingerprint density at radius 3 is 1.08 bits per heavy atom. The lowest BCUT2D eigenvalue weighted by atomic mass is 9.85. The Morgan fingerprint density at radius 1 is 0.443 bits per heavy atom. The summed E-state index contributed by atoms with van der Waals surface area (Å²) in [7, 11) is -5.11. The molecule has 1 fully saturated rings. The molecule has 0 heterocycles. The van der Waals surface area contributed by atoms with Gasteiger partial charge in [0.25, 0.3) is 0 Å². The fourth-order valence-corrected chi connectivity index (χ4v) is 8.91. The van der Waals surface area contributed by atoms with Gasteiger partial charge in [-0.3, -0.25) is 18.6 Å². The highest BCUT2D eigenvalue weighted by Gasteiger charge is 2.51. The Bertz CT molecular complexity index is 1080. The maximum Gasteiger partial charge on any atom is 0.472 e. The first kappa shape index (κ1) is 57.9. The van der Waals surface area contributed by atoms with E-state index in [2.05, 4.69) is 13.8 Å². The van der Waals surface area contributed by atoms with Crippen molar-refractivity contribution in [2.24, 2.45) is 0 Å². The number of carbonyl (C=O) groups excluding carboxylic acids is 2. The van der Waals surface area contributed by atoms with Crippen LogP contribution in [-0.2, 0) is 32.7 Å². The van der Waals surface area contributed by atoms with E-state index in [0.29, 0.717) is 12.8 Å². The third-order valence-corrected chi connectivity index (χ3v) is 12.9. The van der Waals surface area contributed by atoms with E-state index >= 15 is 0 Å². The zero-order valence-corrected chi connectivity index (χ0v) is 39.4. The molecule has 1 rings (SSSR count). The molecule has 14 heteroatoms. The Labute approximate surface area is 370 Å². The predicted molar refractivity (Wildman–Crippen MR) is 240 cm³/mol. The minimum absolute atomic E-state index is 0.104. The monoisotopic (exact) mass is 895 g/mol. The number of aliphatic hydroxyl groups excluding tert-OH is 5. The van der Waals surface area contributed by atoms with Gasteiger partial charge in [0, 0.05) is 12.8 Å². The summed E-state index contributed by atoms with van der Waals surface area (Å²) in [6.45, 7) is 3.32. The van der Waals surface area contributed by atoms with Crippen LogP contribution in [-0.4, -0.2) is 98.3 Å². The van der Waals surface area contributed by atoms with E-state index in [1.165, 1.54) is 148 Å². The summed E-state index contributed by atoms with van der Waals surface area (Å²) in [5.74, 6) is -1.08. The van der Waals surface area contributed by atoms with Crippen LogP contribution in [0.25, 0.3) is 0 Å². The van der Waals surface area contributed by atoms with Crippen molar-refractivity contribution in [2.45, 2.75) is 275 Å². The van der Waals surface area contributed by atoms with Crippen LogP contribution in [0.1, 0.15) is 232 Å². The molecule has 6 N–H and O–H groups in total. The summed E-state index contributed by atoms with van der Waals surface area (Å²) in [5.41, 5.74) is 0. The molecule has 0 aliphatic heterocycles. The van der Waals surface area contributed by atoms with E-state index in [9.17, 15) is 44.6 Å². The Balaban J connectivity index is 2.34. The molecule has 0 aromatic heterocycles. The normalized spacial score (nSPS) is 21.9. The van der Waals surface area contributed by atoms with Crippen molar-refractivity contribution in [2.75, 3.05) is 13.2 Å². The van der Waals surface area contributed by atoms with Gasteiger partial charge in [0.1, 0.15) is 43.2 Å². The van der Waals surface area contributed by atoms with Gasteiger partial charge in [-0.05, 0) is 12.8 Å². The number of rotatable bonds is 42. The summed E-state index contributed by atoms with van der Waals surface area (Å²) in [5, 5.41) is 50.1. The molecule has 1 aliphatic rings. The van der Waals surface area contributed by atoms with E-state index in [1.54, 1.807) is 0 Å². The molecular weight excluding hydrogens is 803 g/mol. The highest BCUT2D eigenvalue weighted by molar-refractivity contribution is 7.47. The zero-order valence-electron chi connectivity index (χ0n) is 38.5. The van der Waals surface area contributed by atoms with Crippen molar-refractivity contribution in [1.82, 2.24) is 0 Å². The van der Waals surface area contributed by atoms with Gasteiger partial charge >= 0.3 is 19.8 Å². The Hall–Kier alpha value is -1.15. The number of ether oxygens (including phenoxy) is 2. The summed E-state index contributed by atoms with van der Waals surface area (Å²) < 4.78 is 33.5.